The van der Waals surface area contributed by atoms with Crippen molar-refractivity contribution < 1.29 is 9.90 Å². The van der Waals surface area contributed by atoms with Gasteiger partial charge in [0.2, 0.25) is 0 Å². The van der Waals surface area contributed by atoms with Gasteiger partial charge in [-0.15, -0.1) is 0 Å². The summed E-state index contributed by atoms with van der Waals surface area (Å²) in [6.07, 6.45) is 3.54. The highest BCUT2D eigenvalue weighted by Crippen LogP contribution is 2.18. The fourth-order valence-corrected chi connectivity index (χ4v) is 2.59. The number of carbonyl (C=O) groups is 1. The van der Waals surface area contributed by atoms with E-state index >= 15 is 0 Å². The zero-order valence-electron chi connectivity index (χ0n) is 10.8. The van der Waals surface area contributed by atoms with Crippen LogP contribution in [-0.4, -0.2) is 50.7 Å². The highest BCUT2D eigenvalue weighted by atomic mass is 16.4. The minimum atomic E-state index is -0.948. The van der Waals surface area contributed by atoms with Crippen molar-refractivity contribution in [2.75, 3.05) is 20.1 Å². The standard InChI is InChI=1S/C13H16N4O2/c1-16-5-4-9(7-16)6-11-14-12-3-2-10(13(18)19)8-17(12)15-11/h2-3,8-9H,4-7H2,1H3,(H,18,19). The fourth-order valence-electron chi connectivity index (χ4n) is 2.59. The highest BCUT2D eigenvalue weighted by molar-refractivity contribution is 5.87. The molecule has 1 N–H and O–H groups in total. The first-order valence-corrected chi connectivity index (χ1v) is 6.39. The number of nitrogens with zero attached hydrogens (tertiary/aromatic N) is 4. The van der Waals surface area contributed by atoms with Crippen molar-refractivity contribution in [1.82, 2.24) is 19.5 Å². The van der Waals surface area contributed by atoms with Crippen molar-refractivity contribution in [1.29, 1.82) is 0 Å². The van der Waals surface area contributed by atoms with Gasteiger partial charge in [0.05, 0.1) is 5.56 Å². The Balaban J connectivity index is 1.83. The smallest absolute Gasteiger partial charge is 0.337 e. The molecular weight excluding hydrogens is 244 g/mol. The molecule has 6 nitrogen and oxygen atoms in total. The number of aromatic carboxylic acids is 1. The predicted molar refractivity (Wildman–Crippen MR) is 69.3 cm³/mol. The maximum absolute atomic E-state index is 10.9. The predicted octanol–water partition coefficient (Wildman–Crippen LogP) is 0.922. The molecule has 0 bridgehead atoms. The van der Waals surface area contributed by atoms with Gasteiger partial charge in [0.25, 0.3) is 0 Å². The third kappa shape index (κ3) is 2.44. The normalized spacial score (nSPS) is 20.2. The molecular formula is C13H16N4O2. The lowest BCUT2D eigenvalue weighted by Crippen LogP contribution is -2.15. The first-order valence-electron chi connectivity index (χ1n) is 6.39. The average molecular weight is 260 g/mol. The Bertz CT molecular complexity index is 622. The molecule has 0 saturated carbocycles. The van der Waals surface area contributed by atoms with Crippen molar-refractivity contribution >= 4 is 11.6 Å². The van der Waals surface area contributed by atoms with Gasteiger partial charge >= 0.3 is 5.97 Å². The molecule has 1 aliphatic rings. The molecule has 1 saturated heterocycles. The van der Waals surface area contributed by atoms with Crippen molar-refractivity contribution in [3.05, 3.63) is 29.7 Å². The molecule has 0 aliphatic carbocycles. The van der Waals surface area contributed by atoms with Crippen LogP contribution in [0.2, 0.25) is 0 Å². The Morgan fingerprint density at radius 1 is 1.53 bits per heavy atom. The van der Waals surface area contributed by atoms with Crippen LogP contribution in [-0.2, 0) is 6.42 Å². The summed E-state index contributed by atoms with van der Waals surface area (Å²) in [6.45, 7) is 2.21. The van der Waals surface area contributed by atoms with E-state index in [9.17, 15) is 4.79 Å². The molecule has 0 radical (unpaired) electrons. The first-order chi connectivity index (χ1) is 9.11. The van der Waals surface area contributed by atoms with Crippen LogP contribution in [0.1, 0.15) is 22.6 Å². The average Bonchev–Trinajstić information content (AvgIpc) is 2.94. The van der Waals surface area contributed by atoms with Gasteiger partial charge in [-0.1, -0.05) is 0 Å². The zero-order chi connectivity index (χ0) is 13.4. The molecule has 0 amide bonds. The van der Waals surface area contributed by atoms with E-state index in [2.05, 4.69) is 22.0 Å². The number of likely N-dealkylation sites (tertiary alicyclic amines) is 1. The molecule has 19 heavy (non-hydrogen) atoms. The van der Waals surface area contributed by atoms with E-state index in [0.717, 1.165) is 25.3 Å². The lowest BCUT2D eigenvalue weighted by Gasteiger charge is -2.07. The number of fused-ring (bicyclic) bond motifs is 1. The van der Waals surface area contributed by atoms with Crippen LogP contribution in [0.5, 0.6) is 0 Å². The van der Waals surface area contributed by atoms with E-state index < -0.39 is 5.97 Å². The molecule has 100 valence electrons. The second-order valence-electron chi connectivity index (χ2n) is 5.17. The van der Waals surface area contributed by atoms with E-state index in [1.807, 2.05) is 0 Å². The highest BCUT2D eigenvalue weighted by Gasteiger charge is 2.21. The zero-order valence-corrected chi connectivity index (χ0v) is 10.8. The van der Waals surface area contributed by atoms with Gasteiger partial charge < -0.3 is 10.0 Å². The van der Waals surface area contributed by atoms with Crippen LogP contribution >= 0.6 is 0 Å². The molecule has 1 atom stereocenters. The quantitative estimate of drug-likeness (QED) is 0.888. The Morgan fingerprint density at radius 2 is 2.37 bits per heavy atom. The number of hydrogen-bond donors (Lipinski definition) is 1. The molecule has 2 aromatic rings. The SMILES string of the molecule is CN1CCC(Cc2nc3ccc(C(=O)O)cn3n2)C1. The van der Waals surface area contributed by atoms with Crippen LogP contribution in [0.4, 0.5) is 0 Å². The van der Waals surface area contributed by atoms with Gasteiger partial charge in [-0.05, 0) is 38.1 Å². The minimum Gasteiger partial charge on any atom is -0.478 e. The number of hydrogen-bond acceptors (Lipinski definition) is 4. The number of carboxylic acids is 1. The van der Waals surface area contributed by atoms with Crippen molar-refractivity contribution in [2.45, 2.75) is 12.8 Å². The maximum Gasteiger partial charge on any atom is 0.337 e. The summed E-state index contributed by atoms with van der Waals surface area (Å²) in [5.74, 6) is 0.445. The van der Waals surface area contributed by atoms with Crippen molar-refractivity contribution in [3.63, 3.8) is 0 Å². The van der Waals surface area contributed by atoms with Gasteiger partial charge in [0.15, 0.2) is 11.5 Å². The van der Waals surface area contributed by atoms with E-state index in [0.29, 0.717) is 11.6 Å². The lowest BCUT2D eigenvalue weighted by atomic mass is 10.1. The summed E-state index contributed by atoms with van der Waals surface area (Å²) in [5, 5.41) is 13.3. The van der Waals surface area contributed by atoms with E-state index in [1.54, 1.807) is 16.6 Å². The third-order valence-corrected chi connectivity index (χ3v) is 3.58. The van der Waals surface area contributed by atoms with Crippen molar-refractivity contribution in [2.24, 2.45) is 5.92 Å². The molecule has 0 aromatic carbocycles. The second-order valence-corrected chi connectivity index (χ2v) is 5.17. The summed E-state index contributed by atoms with van der Waals surface area (Å²) in [5.41, 5.74) is 0.927. The molecule has 1 unspecified atom stereocenters. The summed E-state index contributed by atoms with van der Waals surface area (Å²) in [7, 11) is 2.12. The molecule has 2 aromatic heterocycles. The van der Waals surface area contributed by atoms with Crippen LogP contribution in [0.3, 0.4) is 0 Å². The lowest BCUT2D eigenvalue weighted by molar-refractivity contribution is 0.0696. The second kappa shape index (κ2) is 4.62. The Morgan fingerprint density at radius 3 is 3.05 bits per heavy atom. The van der Waals surface area contributed by atoms with Gasteiger partial charge in [0.1, 0.15) is 0 Å². The number of carboxylic acid groups (broad SMARTS) is 1. The van der Waals surface area contributed by atoms with Crippen LogP contribution in [0, 0.1) is 5.92 Å². The minimum absolute atomic E-state index is 0.226. The molecule has 6 heteroatoms. The van der Waals surface area contributed by atoms with Gasteiger partial charge in [-0.2, -0.15) is 5.10 Å². The summed E-state index contributed by atoms with van der Waals surface area (Å²) < 4.78 is 1.55. The largest absolute Gasteiger partial charge is 0.478 e. The topological polar surface area (TPSA) is 70.7 Å². The van der Waals surface area contributed by atoms with Crippen LogP contribution in [0.15, 0.2) is 18.3 Å². The molecule has 3 rings (SSSR count). The third-order valence-electron chi connectivity index (χ3n) is 3.58. The number of rotatable bonds is 3. The summed E-state index contributed by atoms with van der Waals surface area (Å²) in [4.78, 5) is 17.6. The number of pyridine rings is 1. The van der Waals surface area contributed by atoms with Gasteiger partial charge in [-0.3, -0.25) is 0 Å². The fraction of sp³-hybridized carbons (Fsp3) is 0.462. The number of aromatic nitrogens is 3. The van der Waals surface area contributed by atoms with Gasteiger partial charge in [0, 0.05) is 19.2 Å². The van der Waals surface area contributed by atoms with Crippen LogP contribution in [0.25, 0.3) is 5.65 Å². The van der Waals surface area contributed by atoms with E-state index in [1.165, 1.54) is 12.6 Å². The Labute approximate surface area is 110 Å². The summed E-state index contributed by atoms with van der Waals surface area (Å²) >= 11 is 0. The first kappa shape index (κ1) is 12.1. The monoisotopic (exact) mass is 260 g/mol. The Kier molecular flexibility index (Phi) is 2.94. The Hall–Kier alpha value is -1.95. The van der Waals surface area contributed by atoms with Crippen molar-refractivity contribution in [3.8, 4) is 0 Å². The molecule has 0 spiro atoms. The van der Waals surface area contributed by atoms with E-state index in [-0.39, 0.29) is 5.56 Å². The maximum atomic E-state index is 10.9. The van der Waals surface area contributed by atoms with E-state index in [4.69, 9.17) is 5.11 Å². The van der Waals surface area contributed by atoms with Crippen LogP contribution < -0.4 is 0 Å². The molecule has 1 aliphatic heterocycles. The molecule has 1 fully saturated rings. The summed E-state index contributed by atoms with van der Waals surface area (Å²) in [6, 6.07) is 3.25. The molecule has 3 heterocycles. The van der Waals surface area contributed by atoms with Gasteiger partial charge in [-0.25, -0.2) is 14.3 Å².